The van der Waals surface area contributed by atoms with E-state index in [0.717, 1.165) is 16.5 Å². The number of carbonyl (C=O) groups is 2. The van der Waals surface area contributed by atoms with E-state index < -0.39 is 22.0 Å². The number of rotatable bonds is 6. The van der Waals surface area contributed by atoms with Gasteiger partial charge in [-0.3, -0.25) is 9.59 Å². The van der Waals surface area contributed by atoms with Crippen molar-refractivity contribution in [3.05, 3.63) is 64.3 Å². The lowest BCUT2D eigenvalue weighted by atomic mass is 10.0. The Morgan fingerprint density at radius 3 is 2.72 bits per heavy atom. The summed E-state index contributed by atoms with van der Waals surface area (Å²) in [6, 6.07) is 10.6. The number of sulfonamides is 1. The van der Waals surface area contributed by atoms with Crippen LogP contribution in [0.3, 0.4) is 0 Å². The van der Waals surface area contributed by atoms with Gasteiger partial charge in [0.05, 0.1) is 16.6 Å². The maximum atomic E-state index is 13.3. The van der Waals surface area contributed by atoms with E-state index in [0.29, 0.717) is 6.54 Å². The molecule has 1 atom stereocenters. The predicted molar refractivity (Wildman–Crippen MR) is 122 cm³/mol. The molecule has 1 aliphatic rings. The summed E-state index contributed by atoms with van der Waals surface area (Å²) in [6.07, 6.45) is 1.83. The minimum Gasteiger partial charge on any atom is -0.361 e. The number of hydrogen-bond acceptors (Lipinski definition) is 4. The highest BCUT2D eigenvalue weighted by atomic mass is 35.5. The molecule has 1 aromatic heterocycles. The van der Waals surface area contributed by atoms with E-state index in [4.69, 9.17) is 23.2 Å². The number of hydrogen-bond donors (Lipinski definition) is 3. The van der Waals surface area contributed by atoms with Crippen LogP contribution in [0.1, 0.15) is 5.56 Å². The number of nitrogens with zero attached hydrogens (tertiary/aromatic N) is 1. The van der Waals surface area contributed by atoms with E-state index in [2.05, 4.69) is 15.0 Å². The number of aromatic nitrogens is 1. The summed E-state index contributed by atoms with van der Waals surface area (Å²) in [7, 11) is -4.19. The molecule has 11 heteroatoms. The third-order valence-corrected chi connectivity index (χ3v) is 7.70. The fraction of sp³-hybridized carbons (Fsp3) is 0.238. The largest absolute Gasteiger partial charge is 0.361 e. The smallest absolute Gasteiger partial charge is 0.242 e. The fourth-order valence-electron chi connectivity index (χ4n) is 3.69. The number of halogens is 2. The number of fused-ring (bicyclic) bond motifs is 1. The van der Waals surface area contributed by atoms with Crippen LogP contribution in [0.5, 0.6) is 0 Å². The molecule has 1 unspecified atom stereocenters. The Morgan fingerprint density at radius 2 is 1.94 bits per heavy atom. The lowest BCUT2D eigenvalue weighted by molar-refractivity contribution is -0.139. The monoisotopic (exact) mass is 494 g/mol. The first kappa shape index (κ1) is 22.6. The van der Waals surface area contributed by atoms with Crippen molar-refractivity contribution in [1.82, 2.24) is 19.9 Å². The Labute approximate surface area is 194 Å². The molecule has 0 radical (unpaired) electrons. The average molecular weight is 495 g/mol. The van der Waals surface area contributed by atoms with E-state index in [1.165, 1.54) is 23.1 Å². The van der Waals surface area contributed by atoms with Crippen molar-refractivity contribution in [2.24, 2.45) is 0 Å². The van der Waals surface area contributed by atoms with Crippen molar-refractivity contribution >= 4 is 55.9 Å². The number of H-pyrrole nitrogens is 1. The van der Waals surface area contributed by atoms with Gasteiger partial charge in [0.25, 0.3) is 0 Å². The van der Waals surface area contributed by atoms with E-state index in [1.54, 1.807) is 6.20 Å². The van der Waals surface area contributed by atoms with Crippen LogP contribution in [0.4, 0.5) is 0 Å². The molecule has 3 aromatic rings. The zero-order valence-corrected chi connectivity index (χ0v) is 19.1. The van der Waals surface area contributed by atoms with Crippen LogP contribution in [0.25, 0.3) is 10.9 Å². The Kier molecular flexibility index (Phi) is 6.43. The third kappa shape index (κ3) is 4.61. The molecule has 0 bridgehead atoms. The van der Waals surface area contributed by atoms with Crippen molar-refractivity contribution in [3.63, 3.8) is 0 Å². The molecule has 1 saturated heterocycles. The second-order valence-electron chi connectivity index (χ2n) is 7.40. The highest BCUT2D eigenvalue weighted by molar-refractivity contribution is 7.89. The second-order valence-corrected chi connectivity index (χ2v) is 9.87. The molecule has 1 aliphatic heterocycles. The highest BCUT2D eigenvalue weighted by Gasteiger charge is 2.33. The quantitative estimate of drug-likeness (QED) is 0.488. The number of amides is 2. The highest BCUT2D eigenvalue weighted by Crippen LogP contribution is 2.29. The number of nitrogens with one attached hydrogen (secondary N) is 3. The first-order valence-corrected chi connectivity index (χ1v) is 12.1. The van der Waals surface area contributed by atoms with Gasteiger partial charge >= 0.3 is 0 Å². The van der Waals surface area contributed by atoms with E-state index in [1.807, 2.05) is 24.3 Å². The van der Waals surface area contributed by atoms with Gasteiger partial charge < -0.3 is 15.2 Å². The maximum absolute atomic E-state index is 13.3. The summed E-state index contributed by atoms with van der Waals surface area (Å²) in [5.74, 6) is -0.789. The summed E-state index contributed by atoms with van der Waals surface area (Å²) in [5, 5.41) is 3.49. The molecule has 168 valence electrons. The van der Waals surface area contributed by atoms with Crippen molar-refractivity contribution in [2.45, 2.75) is 17.4 Å². The van der Waals surface area contributed by atoms with Gasteiger partial charge in [-0.2, -0.15) is 4.72 Å². The predicted octanol–water partition coefficient (Wildman–Crippen LogP) is 2.32. The van der Waals surface area contributed by atoms with Gasteiger partial charge in [-0.15, -0.1) is 0 Å². The normalized spacial score (nSPS) is 15.6. The molecule has 1 fully saturated rings. The van der Waals surface area contributed by atoms with Crippen LogP contribution < -0.4 is 10.0 Å². The summed E-state index contributed by atoms with van der Waals surface area (Å²) in [5.41, 5.74) is 1.63. The van der Waals surface area contributed by atoms with E-state index in [-0.39, 0.29) is 40.4 Å². The molecular weight excluding hydrogens is 475 g/mol. The molecule has 0 saturated carbocycles. The number of benzene rings is 2. The standard InChI is InChI=1S/C21H20Cl2N4O4S/c22-15-5-3-7-18(20(15)23)32(30,31)26-17(21(29)27-9-8-24-19(28)12-27)10-13-11-25-16-6-2-1-4-14(13)16/h1-7,11,17,25-26H,8-10,12H2,(H,24,28). The Balaban J connectivity index is 1.69. The summed E-state index contributed by atoms with van der Waals surface area (Å²) < 4.78 is 28.8. The Bertz CT molecular complexity index is 1290. The summed E-state index contributed by atoms with van der Waals surface area (Å²) >= 11 is 12.1. The van der Waals surface area contributed by atoms with Crippen LogP contribution >= 0.6 is 23.2 Å². The van der Waals surface area contributed by atoms with Gasteiger partial charge in [0.15, 0.2) is 0 Å². The van der Waals surface area contributed by atoms with Gasteiger partial charge in [-0.05, 0) is 30.2 Å². The summed E-state index contributed by atoms with van der Waals surface area (Å²) in [6.45, 7) is 0.453. The number of carbonyl (C=O) groups excluding carboxylic acids is 2. The molecule has 2 amide bonds. The van der Waals surface area contributed by atoms with Crippen LogP contribution in [0.15, 0.2) is 53.6 Å². The van der Waals surface area contributed by atoms with Gasteiger partial charge in [0, 0.05) is 30.2 Å². The molecule has 32 heavy (non-hydrogen) atoms. The number of para-hydroxylation sites is 1. The van der Waals surface area contributed by atoms with Gasteiger partial charge in [-0.1, -0.05) is 47.5 Å². The Hall–Kier alpha value is -2.59. The zero-order chi connectivity index (χ0) is 22.9. The number of aromatic amines is 1. The molecule has 0 aliphatic carbocycles. The summed E-state index contributed by atoms with van der Waals surface area (Å²) in [4.78, 5) is 29.4. The average Bonchev–Trinajstić information content (AvgIpc) is 3.17. The van der Waals surface area contributed by atoms with Crippen molar-refractivity contribution in [3.8, 4) is 0 Å². The zero-order valence-electron chi connectivity index (χ0n) is 16.8. The molecule has 4 rings (SSSR count). The fourth-order valence-corrected chi connectivity index (χ4v) is 5.64. The minimum absolute atomic E-state index is 0.0817. The van der Waals surface area contributed by atoms with E-state index >= 15 is 0 Å². The molecule has 8 nitrogen and oxygen atoms in total. The van der Waals surface area contributed by atoms with Crippen LogP contribution in [-0.2, 0) is 26.0 Å². The topological polar surface area (TPSA) is 111 Å². The molecule has 3 N–H and O–H groups in total. The lowest BCUT2D eigenvalue weighted by Crippen LogP contribution is -2.56. The molecule has 2 aromatic carbocycles. The van der Waals surface area contributed by atoms with Gasteiger partial charge in [0.2, 0.25) is 21.8 Å². The van der Waals surface area contributed by atoms with Crippen LogP contribution in [0, 0.1) is 0 Å². The number of piperazine rings is 1. The second kappa shape index (κ2) is 9.11. The van der Waals surface area contributed by atoms with Crippen molar-refractivity contribution in [2.75, 3.05) is 19.6 Å². The minimum atomic E-state index is -4.19. The lowest BCUT2D eigenvalue weighted by Gasteiger charge is -2.30. The van der Waals surface area contributed by atoms with Gasteiger partial charge in [0.1, 0.15) is 10.9 Å². The Morgan fingerprint density at radius 1 is 1.16 bits per heavy atom. The van der Waals surface area contributed by atoms with E-state index in [9.17, 15) is 18.0 Å². The van der Waals surface area contributed by atoms with Crippen molar-refractivity contribution < 1.29 is 18.0 Å². The molecule has 0 spiro atoms. The molecule has 2 heterocycles. The van der Waals surface area contributed by atoms with Gasteiger partial charge in [-0.25, -0.2) is 8.42 Å². The SMILES string of the molecule is O=C1CN(C(=O)C(Cc2c[nH]c3ccccc23)NS(=O)(=O)c2cccc(Cl)c2Cl)CCN1. The van der Waals surface area contributed by atoms with Crippen LogP contribution in [-0.4, -0.2) is 55.8 Å². The first-order valence-electron chi connectivity index (χ1n) is 9.83. The third-order valence-electron chi connectivity index (χ3n) is 5.25. The molecular formula is C21H20Cl2N4O4S. The maximum Gasteiger partial charge on any atom is 0.242 e. The van der Waals surface area contributed by atoms with Crippen LogP contribution in [0.2, 0.25) is 10.0 Å². The first-order chi connectivity index (χ1) is 15.3. The van der Waals surface area contributed by atoms with Crippen molar-refractivity contribution in [1.29, 1.82) is 0 Å².